The predicted molar refractivity (Wildman–Crippen MR) is 126 cm³/mol. The minimum atomic E-state index is -0.882. The Morgan fingerprint density at radius 2 is 2.03 bits per heavy atom. The predicted octanol–water partition coefficient (Wildman–Crippen LogP) is 1.72. The first-order chi connectivity index (χ1) is 15.7. The largest absolute Gasteiger partial charge is 0.450 e. The molecule has 2 aliphatic rings. The quantitative estimate of drug-likeness (QED) is 0.435. The molecule has 2 N–H and O–H groups in total. The van der Waals surface area contributed by atoms with Gasteiger partial charge in [0.15, 0.2) is 0 Å². The third-order valence-electron chi connectivity index (χ3n) is 5.74. The highest BCUT2D eigenvalue weighted by atomic mass is 16.5. The van der Waals surface area contributed by atoms with Crippen molar-refractivity contribution in [3.05, 3.63) is 0 Å². The van der Waals surface area contributed by atoms with Gasteiger partial charge in [0, 0.05) is 26.2 Å². The summed E-state index contributed by atoms with van der Waals surface area (Å²) in [6.45, 7) is 13.8. The summed E-state index contributed by atoms with van der Waals surface area (Å²) in [6, 6.07) is 1.66. The number of ether oxygens (including phenoxy) is 2. The van der Waals surface area contributed by atoms with Crippen LogP contribution in [0.15, 0.2) is 4.99 Å². The highest BCUT2D eigenvalue weighted by Gasteiger charge is 2.44. The number of rotatable bonds is 7. The van der Waals surface area contributed by atoms with Crippen LogP contribution in [-0.2, 0) is 14.3 Å². The molecule has 0 aliphatic carbocycles. The number of aliphatic imine (C=N–C) groups is 1. The van der Waals surface area contributed by atoms with Crippen molar-refractivity contribution in [2.24, 2.45) is 10.4 Å². The fraction of sp³-hybridized carbons (Fsp3) is 0.826. The lowest BCUT2D eigenvalue weighted by Gasteiger charge is -2.38. The minimum Gasteiger partial charge on any atom is -0.450 e. The molecule has 186 valence electrons. The van der Waals surface area contributed by atoms with Crippen LogP contribution in [0, 0.1) is 16.7 Å². The molecule has 2 rings (SSSR count). The minimum absolute atomic E-state index is 0.187. The number of alkyl carbamates (subject to hydrolysis) is 1. The van der Waals surface area contributed by atoms with Gasteiger partial charge in [0.1, 0.15) is 11.6 Å². The van der Waals surface area contributed by atoms with Gasteiger partial charge in [-0.2, -0.15) is 5.26 Å². The molecule has 0 aromatic heterocycles. The second kappa shape index (κ2) is 12.2. The molecular weight excluding hydrogens is 424 g/mol. The summed E-state index contributed by atoms with van der Waals surface area (Å²) in [5.74, 6) is 0.125. The number of amides is 2. The average Bonchev–Trinajstić information content (AvgIpc) is 3.26. The Labute approximate surface area is 197 Å². The number of morpholine rings is 1. The summed E-state index contributed by atoms with van der Waals surface area (Å²) >= 11 is 0. The van der Waals surface area contributed by atoms with Crippen LogP contribution in [0.1, 0.15) is 53.9 Å². The van der Waals surface area contributed by atoms with Gasteiger partial charge in [0.25, 0.3) is 0 Å². The van der Waals surface area contributed by atoms with Crippen molar-refractivity contribution < 1.29 is 19.1 Å². The third kappa shape index (κ3) is 7.57. The van der Waals surface area contributed by atoms with E-state index in [1.807, 2.05) is 11.8 Å². The molecule has 10 nitrogen and oxygen atoms in total. The van der Waals surface area contributed by atoms with E-state index in [0.29, 0.717) is 64.7 Å². The second-order valence-corrected chi connectivity index (χ2v) is 9.74. The topological polar surface area (TPSA) is 119 Å². The number of hydrogen-bond donors (Lipinski definition) is 2. The molecular formula is C23H40N6O4. The van der Waals surface area contributed by atoms with E-state index in [0.717, 1.165) is 6.42 Å². The van der Waals surface area contributed by atoms with Crippen molar-refractivity contribution in [1.29, 1.82) is 5.26 Å². The first-order valence-corrected chi connectivity index (χ1v) is 11.9. The molecule has 2 fully saturated rings. The van der Waals surface area contributed by atoms with Crippen molar-refractivity contribution in [2.75, 3.05) is 52.5 Å². The van der Waals surface area contributed by atoms with E-state index in [1.165, 1.54) is 0 Å². The van der Waals surface area contributed by atoms with E-state index in [4.69, 9.17) is 14.5 Å². The zero-order valence-electron chi connectivity index (χ0n) is 20.8. The second-order valence-electron chi connectivity index (χ2n) is 9.74. The average molecular weight is 465 g/mol. The summed E-state index contributed by atoms with van der Waals surface area (Å²) < 4.78 is 10.5. The summed E-state index contributed by atoms with van der Waals surface area (Å²) in [4.78, 5) is 34.6. The van der Waals surface area contributed by atoms with Crippen molar-refractivity contribution in [2.45, 2.75) is 65.5 Å². The van der Waals surface area contributed by atoms with Crippen LogP contribution in [0.5, 0.6) is 0 Å². The van der Waals surface area contributed by atoms with Crippen molar-refractivity contribution >= 4 is 18.0 Å². The van der Waals surface area contributed by atoms with Gasteiger partial charge in [-0.1, -0.05) is 27.7 Å². The SMILES string of the molecule is CCCN(C(=O)C(CC(C)(C)C)N=C(NC(=O)OCC)N1CCOCC1)C1(C#N)CCNC1. The van der Waals surface area contributed by atoms with Gasteiger partial charge in [-0.3, -0.25) is 10.1 Å². The van der Waals surface area contributed by atoms with Crippen LogP contribution in [-0.4, -0.2) is 91.9 Å². The van der Waals surface area contributed by atoms with Crippen molar-refractivity contribution in [3.8, 4) is 6.07 Å². The molecule has 2 aliphatic heterocycles. The van der Waals surface area contributed by atoms with E-state index < -0.39 is 17.7 Å². The van der Waals surface area contributed by atoms with Crippen LogP contribution in [0.2, 0.25) is 0 Å². The summed E-state index contributed by atoms with van der Waals surface area (Å²) in [5.41, 5.74) is -1.08. The van der Waals surface area contributed by atoms with Gasteiger partial charge in [-0.05, 0) is 38.1 Å². The Balaban J connectivity index is 2.45. The number of hydrogen-bond acceptors (Lipinski definition) is 7. The van der Waals surface area contributed by atoms with Crippen LogP contribution in [0.3, 0.4) is 0 Å². The molecule has 0 spiro atoms. The molecule has 10 heteroatoms. The Morgan fingerprint density at radius 1 is 1.33 bits per heavy atom. The highest BCUT2D eigenvalue weighted by Crippen LogP contribution is 2.29. The molecule has 0 saturated carbocycles. The molecule has 2 saturated heterocycles. The van der Waals surface area contributed by atoms with Crippen LogP contribution in [0.4, 0.5) is 4.79 Å². The van der Waals surface area contributed by atoms with E-state index in [-0.39, 0.29) is 17.9 Å². The molecule has 2 unspecified atom stereocenters. The number of guanidine groups is 1. The maximum absolute atomic E-state index is 13.9. The summed E-state index contributed by atoms with van der Waals surface area (Å²) in [6.07, 6.45) is 1.18. The van der Waals surface area contributed by atoms with Gasteiger partial charge in [-0.15, -0.1) is 0 Å². The number of carbonyl (C=O) groups is 2. The van der Waals surface area contributed by atoms with Gasteiger partial charge in [0.2, 0.25) is 11.9 Å². The number of carbonyl (C=O) groups excluding carboxylic acids is 2. The third-order valence-corrected chi connectivity index (χ3v) is 5.74. The number of nitrogens with one attached hydrogen (secondary N) is 2. The van der Waals surface area contributed by atoms with Crippen molar-refractivity contribution in [3.63, 3.8) is 0 Å². The molecule has 2 atom stereocenters. The van der Waals surface area contributed by atoms with Gasteiger partial charge >= 0.3 is 6.09 Å². The molecule has 0 aromatic rings. The molecule has 2 amide bonds. The van der Waals surface area contributed by atoms with Gasteiger partial charge < -0.3 is 24.6 Å². The van der Waals surface area contributed by atoms with Crippen LogP contribution < -0.4 is 10.6 Å². The van der Waals surface area contributed by atoms with E-state index >= 15 is 0 Å². The van der Waals surface area contributed by atoms with Crippen LogP contribution in [0.25, 0.3) is 0 Å². The summed E-state index contributed by atoms with van der Waals surface area (Å²) in [5, 5.41) is 16.0. The molecule has 0 radical (unpaired) electrons. The standard InChI is InChI=1S/C23H40N6O4/c1-6-10-29(23(16-24)8-9-25-17-23)19(30)18(15-22(3,4)5)26-20(27-21(31)33-7-2)28-11-13-32-14-12-28/h18,25H,6-15,17H2,1-5H3,(H,26,27,31). The molecule has 0 aromatic carbocycles. The fourth-order valence-corrected chi connectivity index (χ4v) is 4.15. The lowest BCUT2D eigenvalue weighted by molar-refractivity contribution is -0.137. The Morgan fingerprint density at radius 3 is 2.55 bits per heavy atom. The summed E-state index contributed by atoms with van der Waals surface area (Å²) in [7, 11) is 0. The Bertz CT molecular complexity index is 730. The highest BCUT2D eigenvalue weighted by molar-refractivity contribution is 5.96. The first-order valence-electron chi connectivity index (χ1n) is 11.9. The molecule has 2 heterocycles. The molecule has 0 bridgehead atoms. The van der Waals surface area contributed by atoms with Crippen molar-refractivity contribution in [1.82, 2.24) is 20.4 Å². The Kier molecular flexibility index (Phi) is 9.92. The Hall–Kier alpha value is -2.38. The van der Waals surface area contributed by atoms with E-state index in [2.05, 4.69) is 37.5 Å². The smallest absolute Gasteiger partial charge is 0.413 e. The monoisotopic (exact) mass is 464 g/mol. The lowest BCUT2D eigenvalue weighted by atomic mass is 9.86. The number of nitrogens with zero attached hydrogens (tertiary/aromatic N) is 4. The fourth-order valence-electron chi connectivity index (χ4n) is 4.15. The maximum atomic E-state index is 13.9. The van der Waals surface area contributed by atoms with E-state index in [1.54, 1.807) is 11.8 Å². The first kappa shape index (κ1) is 26.9. The zero-order valence-corrected chi connectivity index (χ0v) is 20.8. The van der Waals surface area contributed by atoms with E-state index in [9.17, 15) is 14.9 Å². The van der Waals surface area contributed by atoms with Gasteiger partial charge in [-0.25, -0.2) is 9.79 Å². The lowest BCUT2D eigenvalue weighted by Crippen LogP contribution is -2.56. The van der Waals surface area contributed by atoms with Crippen LogP contribution >= 0.6 is 0 Å². The number of nitriles is 1. The maximum Gasteiger partial charge on any atom is 0.413 e. The normalized spacial score (nSPS) is 22.4. The van der Waals surface area contributed by atoms with Gasteiger partial charge in [0.05, 0.1) is 25.9 Å². The zero-order chi connectivity index (χ0) is 24.5. The molecule has 33 heavy (non-hydrogen) atoms.